The van der Waals surface area contributed by atoms with Crippen LogP contribution >= 0.6 is 0 Å². The van der Waals surface area contributed by atoms with Gasteiger partial charge < -0.3 is 14.2 Å². The molecule has 0 amide bonds. The minimum absolute atomic E-state index is 0.00954. The maximum atomic E-state index is 10.7. The van der Waals surface area contributed by atoms with Gasteiger partial charge in [-0.05, 0) is 37.0 Å². The summed E-state index contributed by atoms with van der Waals surface area (Å²) < 4.78 is 14.4. The minimum Gasteiger partial charge on any atom is -0.466 e. The number of esters is 3. The normalized spacial score (nSPS) is 26.1. The van der Waals surface area contributed by atoms with Gasteiger partial charge in [-0.15, -0.1) is 0 Å². The van der Waals surface area contributed by atoms with Gasteiger partial charge in [-0.1, -0.05) is 59.3 Å². The van der Waals surface area contributed by atoms with E-state index in [1.54, 1.807) is 0 Å². The first-order valence-electron chi connectivity index (χ1n) is 11.9. The predicted molar refractivity (Wildman–Crippen MR) is 116 cm³/mol. The molecule has 3 atom stereocenters. The van der Waals surface area contributed by atoms with Gasteiger partial charge in [-0.25, -0.2) is 0 Å². The van der Waals surface area contributed by atoms with E-state index in [9.17, 15) is 14.4 Å². The lowest BCUT2D eigenvalue weighted by atomic mass is 9.95. The molecule has 3 fully saturated rings. The number of rotatable bonds is 6. The molecule has 3 aliphatic heterocycles. The molecule has 0 aromatic rings. The lowest BCUT2D eigenvalue weighted by molar-refractivity contribution is -0.150. The van der Waals surface area contributed by atoms with Gasteiger partial charge >= 0.3 is 17.9 Å². The molecular formula is C24H42O6. The van der Waals surface area contributed by atoms with Crippen molar-refractivity contribution in [2.24, 2.45) is 17.8 Å². The van der Waals surface area contributed by atoms with Crippen LogP contribution in [0, 0.1) is 17.8 Å². The SMILES string of the molecule is CCCC1CCOC(=O)C1.CCCC1CCOC(=O)C1.CCCC1CCOC(=O)C1. The summed E-state index contributed by atoms with van der Waals surface area (Å²) in [7, 11) is 0. The van der Waals surface area contributed by atoms with Crippen molar-refractivity contribution in [2.45, 2.75) is 97.8 Å². The Balaban J connectivity index is 0.000000225. The fourth-order valence-corrected chi connectivity index (χ4v) is 4.17. The number of carbonyl (C=O) groups excluding carboxylic acids is 3. The molecule has 0 bridgehead atoms. The first-order valence-corrected chi connectivity index (χ1v) is 11.9. The van der Waals surface area contributed by atoms with Crippen molar-refractivity contribution in [1.82, 2.24) is 0 Å². The molecule has 0 N–H and O–H groups in total. The smallest absolute Gasteiger partial charge is 0.306 e. The molecule has 3 heterocycles. The molecule has 0 aliphatic carbocycles. The first kappa shape index (κ1) is 26.4. The Morgan fingerprint density at radius 3 is 1.03 bits per heavy atom. The standard InChI is InChI=1S/3C8H14O2/c3*1-2-3-7-4-5-10-8(9)6-7/h3*7H,2-6H2,1H3. The molecule has 3 rings (SSSR count). The molecule has 6 nitrogen and oxygen atoms in total. The molecule has 3 aliphatic rings. The second kappa shape index (κ2) is 16.1. The topological polar surface area (TPSA) is 78.9 Å². The van der Waals surface area contributed by atoms with E-state index in [2.05, 4.69) is 20.8 Å². The molecule has 30 heavy (non-hydrogen) atoms. The Hall–Kier alpha value is -1.59. The zero-order chi connectivity index (χ0) is 22.2. The van der Waals surface area contributed by atoms with E-state index < -0.39 is 0 Å². The van der Waals surface area contributed by atoms with Gasteiger partial charge in [0.05, 0.1) is 19.8 Å². The highest BCUT2D eigenvalue weighted by Crippen LogP contribution is 2.21. The highest BCUT2D eigenvalue weighted by Gasteiger charge is 2.20. The van der Waals surface area contributed by atoms with Crippen LogP contribution < -0.4 is 0 Å². The van der Waals surface area contributed by atoms with Gasteiger partial charge in [0.1, 0.15) is 0 Å². The van der Waals surface area contributed by atoms with Crippen LogP contribution in [-0.2, 0) is 28.6 Å². The van der Waals surface area contributed by atoms with Crippen LogP contribution in [0.25, 0.3) is 0 Å². The summed E-state index contributed by atoms with van der Waals surface area (Å²) in [5.74, 6) is 1.78. The fraction of sp³-hybridized carbons (Fsp3) is 0.875. The second-order valence-corrected chi connectivity index (χ2v) is 8.60. The van der Waals surface area contributed by atoms with Crippen LogP contribution in [0.4, 0.5) is 0 Å². The van der Waals surface area contributed by atoms with E-state index in [0.717, 1.165) is 19.3 Å². The first-order chi connectivity index (χ1) is 14.5. The van der Waals surface area contributed by atoms with Crippen molar-refractivity contribution < 1.29 is 28.6 Å². The Labute approximate surface area is 182 Å². The van der Waals surface area contributed by atoms with Gasteiger partial charge in [0.25, 0.3) is 0 Å². The van der Waals surface area contributed by atoms with Gasteiger partial charge in [-0.3, -0.25) is 14.4 Å². The van der Waals surface area contributed by atoms with Crippen LogP contribution in [0.2, 0.25) is 0 Å². The Bertz CT molecular complexity index is 427. The Morgan fingerprint density at radius 1 is 0.567 bits per heavy atom. The fourth-order valence-electron chi connectivity index (χ4n) is 4.17. The molecule has 0 aromatic carbocycles. The van der Waals surface area contributed by atoms with Crippen molar-refractivity contribution in [3.63, 3.8) is 0 Å². The number of carbonyl (C=O) groups is 3. The minimum atomic E-state index is -0.00954. The van der Waals surface area contributed by atoms with Crippen molar-refractivity contribution in [1.29, 1.82) is 0 Å². The van der Waals surface area contributed by atoms with Gasteiger partial charge in [-0.2, -0.15) is 0 Å². The van der Waals surface area contributed by atoms with Crippen LogP contribution in [0.3, 0.4) is 0 Å². The van der Waals surface area contributed by atoms with Gasteiger partial charge in [0.2, 0.25) is 0 Å². The van der Waals surface area contributed by atoms with E-state index in [0.29, 0.717) is 56.8 Å². The summed E-state index contributed by atoms with van der Waals surface area (Å²) >= 11 is 0. The number of hydrogen-bond acceptors (Lipinski definition) is 6. The molecular weight excluding hydrogens is 384 g/mol. The van der Waals surface area contributed by atoms with Crippen molar-refractivity contribution in [3.05, 3.63) is 0 Å². The maximum absolute atomic E-state index is 10.7. The number of ether oxygens (including phenoxy) is 3. The van der Waals surface area contributed by atoms with E-state index in [-0.39, 0.29) is 17.9 Å². The molecule has 0 spiro atoms. The lowest BCUT2D eigenvalue weighted by Gasteiger charge is -2.20. The third-order valence-corrected chi connectivity index (χ3v) is 5.82. The summed E-state index contributed by atoms with van der Waals surface area (Å²) in [6.07, 6.45) is 12.2. The summed E-state index contributed by atoms with van der Waals surface area (Å²) in [5.41, 5.74) is 0. The molecule has 6 heteroatoms. The summed E-state index contributed by atoms with van der Waals surface area (Å²) in [5, 5.41) is 0. The Morgan fingerprint density at radius 2 is 0.833 bits per heavy atom. The van der Waals surface area contributed by atoms with Crippen LogP contribution in [0.1, 0.15) is 97.8 Å². The zero-order valence-corrected chi connectivity index (χ0v) is 19.3. The van der Waals surface area contributed by atoms with Crippen molar-refractivity contribution in [3.8, 4) is 0 Å². The third kappa shape index (κ3) is 12.2. The molecule has 0 aromatic heterocycles. The highest BCUT2D eigenvalue weighted by atomic mass is 16.5. The summed E-state index contributed by atoms with van der Waals surface area (Å²) in [6, 6.07) is 0. The quantitative estimate of drug-likeness (QED) is 0.428. The third-order valence-electron chi connectivity index (χ3n) is 5.82. The largest absolute Gasteiger partial charge is 0.466 e. The average Bonchev–Trinajstić information content (AvgIpc) is 2.70. The van der Waals surface area contributed by atoms with Gasteiger partial charge in [0.15, 0.2) is 0 Å². The average molecular weight is 427 g/mol. The van der Waals surface area contributed by atoms with Crippen LogP contribution in [0.5, 0.6) is 0 Å². The molecule has 0 radical (unpaired) electrons. The van der Waals surface area contributed by atoms with E-state index in [1.807, 2.05) is 0 Å². The van der Waals surface area contributed by atoms with E-state index in [4.69, 9.17) is 14.2 Å². The van der Waals surface area contributed by atoms with E-state index in [1.165, 1.54) is 38.5 Å². The van der Waals surface area contributed by atoms with Crippen LogP contribution in [-0.4, -0.2) is 37.7 Å². The molecule has 3 saturated heterocycles. The summed E-state index contributed by atoms with van der Waals surface area (Å²) in [6.45, 7) is 8.39. The highest BCUT2D eigenvalue weighted by molar-refractivity contribution is 5.71. The lowest BCUT2D eigenvalue weighted by Crippen LogP contribution is -2.20. The van der Waals surface area contributed by atoms with Crippen molar-refractivity contribution in [2.75, 3.05) is 19.8 Å². The Kier molecular flexibility index (Phi) is 14.2. The van der Waals surface area contributed by atoms with E-state index >= 15 is 0 Å². The zero-order valence-electron chi connectivity index (χ0n) is 19.3. The number of cyclic esters (lactones) is 3. The summed E-state index contributed by atoms with van der Waals surface area (Å²) in [4.78, 5) is 32.2. The molecule has 3 unspecified atom stereocenters. The monoisotopic (exact) mass is 426 g/mol. The molecule has 174 valence electrons. The van der Waals surface area contributed by atoms with Crippen LogP contribution in [0.15, 0.2) is 0 Å². The van der Waals surface area contributed by atoms with Gasteiger partial charge in [0, 0.05) is 19.3 Å². The van der Waals surface area contributed by atoms with Crippen molar-refractivity contribution >= 4 is 17.9 Å². The number of hydrogen-bond donors (Lipinski definition) is 0. The molecule has 0 saturated carbocycles. The predicted octanol–water partition coefficient (Wildman–Crippen LogP) is 5.22. The maximum Gasteiger partial charge on any atom is 0.306 e. The second-order valence-electron chi connectivity index (χ2n) is 8.60.